The van der Waals surface area contributed by atoms with E-state index in [0.717, 1.165) is 21.0 Å². The maximum atomic E-state index is 4.69. The van der Waals surface area contributed by atoms with E-state index in [0.29, 0.717) is 6.04 Å². The van der Waals surface area contributed by atoms with Crippen molar-refractivity contribution in [3.05, 3.63) is 22.7 Å². The van der Waals surface area contributed by atoms with Gasteiger partial charge in [0.05, 0.1) is 10.2 Å². The summed E-state index contributed by atoms with van der Waals surface area (Å²) in [4.78, 5) is 4.69. The second-order valence-corrected chi connectivity index (χ2v) is 7.73. The van der Waals surface area contributed by atoms with Crippen LogP contribution >= 0.6 is 27.3 Å². The number of nitrogens with zero attached hydrogens (tertiary/aromatic N) is 1. The minimum absolute atomic E-state index is 0.618. The molecule has 1 aromatic heterocycles. The second-order valence-electron chi connectivity index (χ2n) is 5.78. The fraction of sp³-hybridized carbons (Fsp3) is 0.562. The van der Waals surface area contributed by atoms with Crippen LogP contribution in [0.15, 0.2) is 22.7 Å². The van der Waals surface area contributed by atoms with Crippen molar-refractivity contribution in [2.24, 2.45) is 5.92 Å². The zero-order chi connectivity index (χ0) is 13.9. The van der Waals surface area contributed by atoms with Gasteiger partial charge < -0.3 is 5.32 Å². The van der Waals surface area contributed by atoms with Crippen LogP contribution in [0.3, 0.4) is 0 Å². The van der Waals surface area contributed by atoms with Crippen molar-refractivity contribution in [1.29, 1.82) is 0 Å². The summed E-state index contributed by atoms with van der Waals surface area (Å²) in [5, 5.41) is 4.73. The van der Waals surface area contributed by atoms with Gasteiger partial charge in [-0.05, 0) is 49.8 Å². The van der Waals surface area contributed by atoms with Gasteiger partial charge in [0.1, 0.15) is 0 Å². The fourth-order valence-electron chi connectivity index (χ4n) is 3.14. The Morgan fingerprint density at radius 1 is 1.30 bits per heavy atom. The van der Waals surface area contributed by atoms with Crippen LogP contribution in [0.4, 0.5) is 5.13 Å². The maximum absolute atomic E-state index is 4.69. The molecule has 1 aliphatic rings. The van der Waals surface area contributed by atoms with Gasteiger partial charge >= 0.3 is 0 Å². The number of benzene rings is 1. The van der Waals surface area contributed by atoms with Crippen LogP contribution in [0, 0.1) is 5.92 Å². The smallest absolute Gasteiger partial charge is 0.184 e. The quantitative estimate of drug-likeness (QED) is 0.748. The summed E-state index contributed by atoms with van der Waals surface area (Å²) < 4.78 is 2.38. The van der Waals surface area contributed by atoms with E-state index in [9.17, 15) is 0 Å². The number of nitrogens with one attached hydrogen (secondary N) is 1. The predicted molar refractivity (Wildman–Crippen MR) is 91.6 cm³/mol. The van der Waals surface area contributed by atoms with Crippen molar-refractivity contribution in [3.8, 4) is 0 Å². The first kappa shape index (κ1) is 14.3. The molecule has 2 nitrogen and oxygen atoms in total. The first-order valence-electron chi connectivity index (χ1n) is 7.57. The lowest BCUT2D eigenvalue weighted by molar-refractivity contribution is 0.319. The molecule has 1 fully saturated rings. The summed E-state index contributed by atoms with van der Waals surface area (Å²) in [6.45, 7) is 2.30. The van der Waals surface area contributed by atoms with Crippen LogP contribution in [-0.4, -0.2) is 11.0 Å². The fourth-order valence-corrected chi connectivity index (χ4v) is 4.63. The van der Waals surface area contributed by atoms with Gasteiger partial charge in [-0.3, -0.25) is 0 Å². The summed E-state index contributed by atoms with van der Waals surface area (Å²) in [6, 6.07) is 6.91. The molecule has 0 saturated heterocycles. The Morgan fingerprint density at radius 2 is 2.10 bits per heavy atom. The lowest BCUT2D eigenvalue weighted by Gasteiger charge is -2.28. The zero-order valence-corrected chi connectivity index (χ0v) is 14.3. The highest BCUT2D eigenvalue weighted by Gasteiger charge is 2.21. The summed E-state index contributed by atoms with van der Waals surface area (Å²) in [7, 11) is 0. The molecular weight excluding hydrogens is 332 g/mol. The van der Waals surface area contributed by atoms with E-state index in [-0.39, 0.29) is 0 Å². The summed E-state index contributed by atoms with van der Waals surface area (Å²) in [6.07, 6.45) is 8.08. The van der Waals surface area contributed by atoms with E-state index < -0.39 is 0 Å². The molecule has 1 N–H and O–H groups in total. The van der Waals surface area contributed by atoms with Crippen molar-refractivity contribution >= 4 is 42.6 Å². The molecule has 0 atom stereocenters. The zero-order valence-electron chi connectivity index (χ0n) is 11.9. The van der Waals surface area contributed by atoms with Crippen molar-refractivity contribution in [2.45, 2.75) is 51.5 Å². The molecule has 1 aromatic carbocycles. The van der Waals surface area contributed by atoms with Gasteiger partial charge in [-0.1, -0.05) is 47.0 Å². The number of hydrogen-bond donors (Lipinski definition) is 1. The summed E-state index contributed by atoms with van der Waals surface area (Å²) >= 11 is 5.28. The van der Waals surface area contributed by atoms with E-state index in [1.54, 1.807) is 11.3 Å². The normalized spacial score (nSPS) is 23.1. The standard InChI is InChI=1S/C16H21BrN2S/c1-2-3-11-4-7-13(8-5-11)18-16-19-14-9-6-12(17)10-15(14)20-16/h6,9-11,13H,2-5,7-8H2,1H3,(H,18,19). The number of rotatable bonds is 4. The Labute approximate surface area is 133 Å². The predicted octanol–water partition coefficient (Wildman–Crippen LogP) is 5.83. The number of anilines is 1. The molecule has 0 unspecified atom stereocenters. The first-order valence-corrected chi connectivity index (χ1v) is 9.18. The first-order chi connectivity index (χ1) is 9.74. The molecule has 0 radical (unpaired) electrons. The highest BCUT2D eigenvalue weighted by atomic mass is 79.9. The lowest BCUT2D eigenvalue weighted by Crippen LogP contribution is -2.25. The van der Waals surface area contributed by atoms with E-state index in [4.69, 9.17) is 0 Å². The molecule has 3 rings (SSSR count). The molecular formula is C16H21BrN2S. The Kier molecular flexibility index (Phi) is 4.61. The Balaban J connectivity index is 1.62. The lowest BCUT2D eigenvalue weighted by atomic mass is 9.83. The SMILES string of the molecule is CCCC1CCC(Nc2nc3ccc(Br)cc3s2)CC1. The average molecular weight is 353 g/mol. The van der Waals surface area contributed by atoms with Crippen LogP contribution in [0.25, 0.3) is 10.2 Å². The number of fused-ring (bicyclic) bond motifs is 1. The number of halogens is 1. The number of aromatic nitrogens is 1. The van der Waals surface area contributed by atoms with Crippen LogP contribution in [0.5, 0.6) is 0 Å². The van der Waals surface area contributed by atoms with Crippen LogP contribution < -0.4 is 5.32 Å². The van der Waals surface area contributed by atoms with E-state index in [1.807, 2.05) is 0 Å². The Hall–Kier alpha value is -0.610. The molecule has 0 bridgehead atoms. The van der Waals surface area contributed by atoms with Gasteiger partial charge in [0, 0.05) is 10.5 Å². The van der Waals surface area contributed by atoms with Gasteiger partial charge in [0.2, 0.25) is 0 Å². The molecule has 2 aromatic rings. The van der Waals surface area contributed by atoms with Gasteiger partial charge in [-0.25, -0.2) is 4.98 Å². The highest BCUT2D eigenvalue weighted by Crippen LogP contribution is 2.32. The molecule has 1 aliphatic carbocycles. The van der Waals surface area contributed by atoms with Gasteiger partial charge in [-0.2, -0.15) is 0 Å². The molecule has 0 spiro atoms. The third kappa shape index (κ3) is 3.34. The van der Waals surface area contributed by atoms with Gasteiger partial charge in [0.15, 0.2) is 5.13 Å². The van der Waals surface area contributed by atoms with Crippen molar-refractivity contribution in [3.63, 3.8) is 0 Å². The summed E-state index contributed by atoms with van der Waals surface area (Å²) in [5.41, 5.74) is 1.10. The second kappa shape index (κ2) is 6.44. The molecule has 0 amide bonds. The van der Waals surface area contributed by atoms with Crippen LogP contribution in [0.2, 0.25) is 0 Å². The van der Waals surface area contributed by atoms with E-state index >= 15 is 0 Å². The molecule has 20 heavy (non-hydrogen) atoms. The average Bonchev–Trinajstić information content (AvgIpc) is 2.82. The minimum atomic E-state index is 0.618. The third-order valence-corrected chi connectivity index (χ3v) is 5.66. The largest absolute Gasteiger partial charge is 0.359 e. The van der Waals surface area contributed by atoms with Crippen LogP contribution in [-0.2, 0) is 0 Å². The number of hydrogen-bond acceptors (Lipinski definition) is 3. The molecule has 4 heteroatoms. The Morgan fingerprint density at radius 3 is 2.85 bits per heavy atom. The van der Waals surface area contributed by atoms with E-state index in [2.05, 4.69) is 51.4 Å². The van der Waals surface area contributed by atoms with Crippen molar-refractivity contribution in [2.75, 3.05) is 5.32 Å². The molecule has 1 saturated carbocycles. The topological polar surface area (TPSA) is 24.9 Å². The Bertz CT molecular complexity index is 573. The maximum Gasteiger partial charge on any atom is 0.184 e. The van der Waals surface area contributed by atoms with Gasteiger partial charge in [0.25, 0.3) is 0 Å². The molecule has 108 valence electrons. The van der Waals surface area contributed by atoms with Crippen molar-refractivity contribution in [1.82, 2.24) is 4.98 Å². The van der Waals surface area contributed by atoms with Crippen LogP contribution in [0.1, 0.15) is 45.4 Å². The molecule has 1 heterocycles. The summed E-state index contributed by atoms with van der Waals surface area (Å²) in [5.74, 6) is 0.962. The highest BCUT2D eigenvalue weighted by molar-refractivity contribution is 9.10. The van der Waals surface area contributed by atoms with Crippen molar-refractivity contribution < 1.29 is 0 Å². The number of thiazole rings is 1. The monoisotopic (exact) mass is 352 g/mol. The van der Waals surface area contributed by atoms with E-state index in [1.165, 1.54) is 43.2 Å². The molecule has 0 aliphatic heterocycles. The minimum Gasteiger partial charge on any atom is -0.359 e. The van der Waals surface area contributed by atoms with Gasteiger partial charge in [-0.15, -0.1) is 0 Å². The third-order valence-electron chi connectivity index (χ3n) is 4.22.